The first kappa shape index (κ1) is 17.8. The van der Waals surface area contributed by atoms with Gasteiger partial charge in [0.05, 0.1) is 18.9 Å². The van der Waals surface area contributed by atoms with Crippen molar-refractivity contribution in [2.75, 3.05) is 36.5 Å². The van der Waals surface area contributed by atoms with Crippen molar-refractivity contribution in [3.05, 3.63) is 46.4 Å². The van der Waals surface area contributed by atoms with E-state index in [-0.39, 0.29) is 5.56 Å². The van der Waals surface area contributed by atoms with E-state index >= 15 is 0 Å². The molecule has 1 aromatic carbocycles. The van der Waals surface area contributed by atoms with Crippen LogP contribution >= 0.6 is 11.8 Å². The zero-order valence-electron chi connectivity index (χ0n) is 14.6. The molecule has 0 radical (unpaired) electrons. The van der Waals surface area contributed by atoms with Gasteiger partial charge in [0.15, 0.2) is 0 Å². The predicted molar refractivity (Wildman–Crippen MR) is 104 cm³/mol. The molecule has 1 aliphatic heterocycles. The molecule has 25 heavy (non-hydrogen) atoms. The van der Waals surface area contributed by atoms with Crippen LogP contribution in [0.2, 0.25) is 0 Å². The maximum atomic E-state index is 11.8. The van der Waals surface area contributed by atoms with Crippen LogP contribution in [-0.4, -0.2) is 41.5 Å². The van der Waals surface area contributed by atoms with Gasteiger partial charge in [-0.1, -0.05) is 13.8 Å². The van der Waals surface area contributed by atoms with Crippen LogP contribution in [0.3, 0.4) is 0 Å². The van der Waals surface area contributed by atoms with Crippen LogP contribution in [0.15, 0.2) is 35.1 Å². The highest BCUT2D eigenvalue weighted by Crippen LogP contribution is 2.21. The Morgan fingerprint density at radius 3 is 2.68 bits per heavy atom. The van der Waals surface area contributed by atoms with Crippen LogP contribution in [0, 0.1) is 0 Å². The fraction of sp³-hybridized carbons (Fsp3) is 0.444. The Balaban J connectivity index is 1.68. The minimum absolute atomic E-state index is 0.137. The molecule has 2 aromatic rings. The van der Waals surface area contributed by atoms with E-state index in [0.717, 1.165) is 43.4 Å². The summed E-state index contributed by atoms with van der Waals surface area (Å²) in [4.78, 5) is 21.4. The van der Waals surface area contributed by atoms with E-state index in [2.05, 4.69) is 46.2 Å². The highest BCUT2D eigenvalue weighted by molar-refractivity contribution is 7.99. The number of hydrogen-bond acceptors (Lipinski definition) is 6. The minimum Gasteiger partial charge on any atom is -0.378 e. The van der Waals surface area contributed by atoms with Crippen molar-refractivity contribution in [2.45, 2.75) is 24.9 Å². The summed E-state index contributed by atoms with van der Waals surface area (Å²) < 4.78 is 5.38. The molecule has 1 saturated heterocycles. The maximum absolute atomic E-state index is 11.8. The summed E-state index contributed by atoms with van der Waals surface area (Å²) in [5.41, 5.74) is 2.72. The van der Waals surface area contributed by atoms with Crippen LogP contribution < -0.4 is 15.8 Å². The van der Waals surface area contributed by atoms with E-state index in [0.29, 0.717) is 11.2 Å². The molecule has 6 nitrogen and oxygen atoms in total. The van der Waals surface area contributed by atoms with Gasteiger partial charge in [-0.3, -0.25) is 9.78 Å². The molecule has 134 valence electrons. The van der Waals surface area contributed by atoms with Crippen LogP contribution in [0.25, 0.3) is 0 Å². The maximum Gasteiger partial charge on any atom is 0.252 e. The lowest BCUT2D eigenvalue weighted by Crippen LogP contribution is -2.36. The number of benzene rings is 1. The average Bonchev–Trinajstić information content (AvgIpc) is 2.61. The molecule has 0 unspecified atom stereocenters. The predicted octanol–water partition coefficient (Wildman–Crippen LogP) is 2.99. The number of thioether (sulfide) groups is 1. The summed E-state index contributed by atoms with van der Waals surface area (Å²) in [6.45, 7) is 7.63. The number of aromatic nitrogens is 2. The van der Waals surface area contributed by atoms with Crippen LogP contribution in [0.4, 0.5) is 17.3 Å². The van der Waals surface area contributed by atoms with E-state index in [9.17, 15) is 4.79 Å². The van der Waals surface area contributed by atoms with Crippen molar-refractivity contribution in [3.63, 3.8) is 0 Å². The van der Waals surface area contributed by atoms with Crippen molar-refractivity contribution in [1.29, 1.82) is 0 Å². The normalized spacial score (nSPS) is 14.8. The number of H-pyrrole nitrogens is 1. The van der Waals surface area contributed by atoms with E-state index in [4.69, 9.17) is 4.74 Å². The van der Waals surface area contributed by atoms with Crippen molar-refractivity contribution in [2.24, 2.45) is 0 Å². The summed E-state index contributed by atoms with van der Waals surface area (Å²) >= 11 is 1.77. The van der Waals surface area contributed by atoms with Crippen LogP contribution in [-0.2, 0) is 10.5 Å². The minimum atomic E-state index is -0.137. The lowest BCUT2D eigenvalue weighted by atomic mass is 10.2. The van der Waals surface area contributed by atoms with Crippen molar-refractivity contribution < 1.29 is 4.74 Å². The third-order valence-corrected chi connectivity index (χ3v) is 4.99. The van der Waals surface area contributed by atoms with Gasteiger partial charge in [-0.25, -0.2) is 4.98 Å². The monoisotopic (exact) mass is 360 g/mol. The van der Waals surface area contributed by atoms with Gasteiger partial charge in [-0.05, 0) is 29.5 Å². The van der Waals surface area contributed by atoms with Gasteiger partial charge in [0.2, 0.25) is 5.95 Å². The van der Waals surface area contributed by atoms with Gasteiger partial charge in [0, 0.05) is 36.3 Å². The summed E-state index contributed by atoms with van der Waals surface area (Å²) in [7, 11) is 0. The van der Waals surface area contributed by atoms with Crippen molar-refractivity contribution in [1.82, 2.24) is 9.97 Å². The Hall–Kier alpha value is -1.99. The number of morpholine rings is 1. The lowest BCUT2D eigenvalue weighted by Gasteiger charge is -2.28. The molecular formula is C18H24N4O2S. The lowest BCUT2D eigenvalue weighted by molar-refractivity contribution is 0.122. The molecule has 0 saturated carbocycles. The molecule has 2 heterocycles. The first-order valence-electron chi connectivity index (χ1n) is 8.52. The number of hydrogen-bond donors (Lipinski definition) is 2. The second-order valence-corrected chi connectivity index (χ2v) is 7.78. The number of ether oxygens (including phenoxy) is 1. The molecule has 7 heteroatoms. The summed E-state index contributed by atoms with van der Waals surface area (Å²) in [5, 5.41) is 3.69. The molecule has 0 spiro atoms. The average molecular weight is 360 g/mol. The van der Waals surface area contributed by atoms with Gasteiger partial charge in [0.1, 0.15) is 0 Å². The molecule has 2 N–H and O–H groups in total. The Labute approximate surface area is 152 Å². The SMILES string of the molecule is CC(C)SCc1cc(=O)[nH]c(Nc2ccc(N3CCOCC3)cc2)n1. The van der Waals surface area contributed by atoms with Gasteiger partial charge in [-0.15, -0.1) is 0 Å². The molecule has 0 bridgehead atoms. The molecule has 1 aliphatic rings. The van der Waals surface area contributed by atoms with Crippen molar-refractivity contribution >= 4 is 29.1 Å². The fourth-order valence-electron chi connectivity index (χ4n) is 2.61. The fourth-order valence-corrected chi connectivity index (χ4v) is 3.26. The van der Waals surface area contributed by atoms with Gasteiger partial charge in [0.25, 0.3) is 5.56 Å². The summed E-state index contributed by atoms with van der Waals surface area (Å²) in [6.07, 6.45) is 0. The Kier molecular flexibility index (Phi) is 5.99. The van der Waals surface area contributed by atoms with Crippen LogP contribution in [0.5, 0.6) is 0 Å². The van der Waals surface area contributed by atoms with E-state index < -0.39 is 0 Å². The Bertz CT molecular complexity index is 739. The van der Waals surface area contributed by atoms with Gasteiger partial charge >= 0.3 is 0 Å². The Morgan fingerprint density at radius 1 is 1.28 bits per heavy atom. The molecule has 1 aromatic heterocycles. The van der Waals surface area contributed by atoms with Crippen LogP contribution in [0.1, 0.15) is 19.5 Å². The number of nitrogens with one attached hydrogen (secondary N) is 2. The highest BCUT2D eigenvalue weighted by atomic mass is 32.2. The third-order valence-electron chi connectivity index (χ3n) is 3.87. The summed E-state index contributed by atoms with van der Waals surface area (Å²) in [5.74, 6) is 1.21. The second-order valence-electron chi connectivity index (χ2n) is 6.22. The number of nitrogens with zero attached hydrogens (tertiary/aromatic N) is 2. The number of anilines is 3. The topological polar surface area (TPSA) is 70.2 Å². The summed E-state index contributed by atoms with van der Waals surface area (Å²) in [6, 6.07) is 9.71. The van der Waals surface area contributed by atoms with Gasteiger partial charge < -0.3 is 15.0 Å². The van der Waals surface area contributed by atoms with E-state index in [1.807, 2.05) is 12.1 Å². The molecule has 0 amide bonds. The smallest absolute Gasteiger partial charge is 0.252 e. The first-order valence-corrected chi connectivity index (χ1v) is 9.56. The quantitative estimate of drug-likeness (QED) is 0.825. The highest BCUT2D eigenvalue weighted by Gasteiger charge is 2.11. The Morgan fingerprint density at radius 2 is 2.00 bits per heavy atom. The molecule has 1 fully saturated rings. The zero-order valence-corrected chi connectivity index (χ0v) is 15.4. The molecule has 0 aliphatic carbocycles. The van der Waals surface area contributed by atoms with E-state index in [1.165, 1.54) is 5.69 Å². The largest absolute Gasteiger partial charge is 0.378 e. The first-order chi connectivity index (χ1) is 12.1. The van der Waals surface area contributed by atoms with Crippen molar-refractivity contribution in [3.8, 4) is 0 Å². The zero-order chi connectivity index (χ0) is 17.6. The number of rotatable bonds is 6. The third kappa shape index (κ3) is 5.24. The molecule has 3 rings (SSSR count). The van der Waals surface area contributed by atoms with E-state index in [1.54, 1.807) is 17.8 Å². The number of aromatic amines is 1. The second kappa shape index (κ2) is 8.40. The van der Waals surface area contributed by atoms with Gasteiger partial charge in [-0.2, -0.15) is 11.8 Å². The standard InChI is InChI=1S/C18H24N4O2S/c1-13(2)25-12-15-11-17(23)21-18(20-15)19-14-3-5-16(6-4-14)22-7-9-24-10-8-22/h3-6,11,13H,7-10,12H2,1-2H3,(H2,19,20,21,23). The molecule has 0 atom stereocenters. The molecular weight excluding hydrogens is 336 g/mol.